The first kappa shape index (κ1) is 13.2. The Morgan fingerprint density at radius 1 is 1.00 bits per heavy atom. The van der Waals surface area contributed by atoms with E-state index in [0.29, 0.717) is 0 Å². The van der Waals surface area contributed by atoms with E-state index in [4.69, 9.17) is 11.8 Å². The van der Waals surface area contributed by atoms with E-state index in [-0.39, 0.29) is 15.0 Å². The normalized spacial score (nSPS) is 8.08. The van der Waals surface area contributed by atoms with Gasteiger partial charge in [0.1, 0.15) is 0 Å². The predicted molar refractivity (Wildman–Crippen MR) is 40.4 cm³/mol. The van der Waals surface area contributed by atoms with E-state index in [1.165, 1.54) is 0 Å². The van der Waals surface area contributed by atoms with Crippen LogP contribution in [0.4, 0.5) is 0 Å². The summed E-state index contributed by atoms with van der Waals surface area (Å²) in [6.45, 7) is 0. The molecular formula is C3H6ClN3O5. The van der Waals surface area contributed by atoms with Crippen LogP contribution in [-0.2, 0) is 0 Å². The minimum atomic E-state index is -0.949. The molecule has 0 fully saturated rings. The van der Waals surface area contributed by atoms with Gasteiger partial charge in [-0.2, -0.15) is 4.09 Å². The first-order valence-electron chi connectivity index (χ1n) is 2.23. The van der Waals surface area contributed by atoms with E-state index < -0.39 is 17.1 Å². The fourth-order valence-corrected chi connectivity index (χ4v) is 0.500. The lowest BCUT2D eigenvalue weighted by Gasteiger charge is -1.85. The second-order valence-electron chi connectivity index (χ2n) is 1.47. The Hall–Kier alpha value is -1.38. The summed E-state index contributed by atoms with van der Waals surface area (Å²) in [5.41, 5.74) is -2.77. The number of aromatic amines is 2. The first-order chi connectivity index (χ1) is 4.61. The van der Waals surface area contributed by atoms with E-state index in [0.717, 1.165) is 0 Å². The average molecular weight is 200 g/mol. The zero-order valence-corrected chi connectivity index (χ0v) is 6.31. The predicted octanol–water partition coefficient (Wildman–Crippen LogP) is -3.42. The Bertz CT molecular complexity index is 367. The molecule has 0 unspecified atom stereocenters. The minimum Gasteiger partial charge on any atom is -0.412 e. The van der Waals surface area contributed by atoms with Crippen LogP contribution in [0.3, 0.4) is 0 Å². The molecular weight excluding hydrogens is 194 g/mol. The molecule has 0 bridgehead atoms. The summed E-state index contributed by atoms with van der Waals surface area (Å²) in [6.07, 6.45) is 0. The van der Waals surface area contributed by atoms with Gasteiger partial charge in [0.15, 0.2) is 0 Å². The lowest BCUT2D eigenvalue weighted by molar-refractivity contribution is 0.823. The molecule has 1 aromatic heterocycles. The third kappa shape index (κ3) is 2.34. The first-order valence-corrected chi connectivity index (χ1v) is 2.57. The maximum Gasteiger partial charge on any atom is 0.348 e. The molecule has 9 heteroatoms. The van der Waals surface area contributed by atoms with Gasteiger partial charge in [-0.3, -0.25) is 9.97 Å². The van der Waals surface area contributed by atoms with Gasteiger partial charge in [0, 0.05) is 11.8 Å². The third-order valence-corrected chi connectivity index (χ3v) is 1.10. The standard InChI is InChI=1S/C3H2ClN3O3.2H2O/c4-7-2(9)5-1(8)6-3(7)10;;/h(H2,5,6,8,9,10);2*1H2. The molecule has 0 radical (unpaired) electrons. The Morgan fingerprint density at radius 2 is 1.33 bits per heavy atom. The van der Waals surface area contributed by atoms with Crippen molar-refractivity contribution < 1.29 is 11.0 Å². The summed E-state index contributed by atoms with van der Waals surface area (Å²) in [6, 6.07) is 0. The van der Waals surface area contributed by atoms with Crippen molar-refractivity contribution in [1.82, 2.24) is 14.1 Å². The van der Waals surface area contributed by atoms with Crippen molar-refractivity contribution >= 4 is 11.8 Å². The van der Waals surface area contributed by atoms with Crippen molar-refractivity contribution in [2.24, 2.45) is 0 Å². The molecule has 0 aliphatic rings. The largest absolute Gasteiger partial charge is 0.412 e. The van der Waals surface area contributed by atoms with Crippen LogP contribution in [0.5, 0.6) is 0 Å². The van der Waals surface area contributed by atoms with Crippen LogP contribution in [0.15, 0.2) is 14.4 Å². The number of H-pyrrole nitrogens is 2. The molecule has 1 rings (SSSR count). The smallest absolute Gasteiger partial charge is 0.348 e. The lowest BCUT2D eigenvalue weighted by Crippen LogP contribution is -2.39. The number of nitrogens with one attached hydrogen (secondary N) is 2. The summed E-state index contributed by atoms with van der Waals surface area (Å²) in [7, 11) is 0. The molecule has 0 spiro atoms. The van der Waals surface area contributed by atoms with Gasteiger partial charge in [-0.1, -0.05) is 0 Å². The van der Waals surface area contributed by atoms with E-state index in [1.54, 1.807) is 9.97 Å². The van der Waals surface area contributed by atoms with Crippen LogP contribution in [0, 0.1) is 0 Å². The molecule has 0 amide bonds. The van der Waals surface area contributed by atoms with Gasteiger partial charge in [0.2, 0.25) is 0 Å². The van der Waals surface area contributed by atoms with Crippen LogP contribution in [0.2, 0.25) is 0 Å². The quantitative estimate of drug-likeness (QED) is 0.447. The summed E-state index contributed by atoms with van der Waals surface area (Å²) in [5.74, 6) is 0. The molecule has 0 saturated heterocycles. The van der Waals surface area contributed by atoms with E-state index in [9.17, 15) is 14.4 Å². The third-order valence-electron chi connectivity index (χ3n) is 0.798. The fourth-order valence-electron chi connectivity index (χ4n) is 0.416. The van der Waals surface area contributed by atoms with Gasteiger partial charge in [-0.25, -0.2) is 14.4 Å². The maximum atomic E-state index is 10.4. The van der Waals surface area contributed by atoms with Crippen molar-refractivity contribution in [2.45, 2.75) is 0 Å². The van der Waals surface area contributed by atoms with Gasteiger partial charge in [0.05, 0.1) is 0 Å². The Kier molecular flexibility index (Phi) is 4.95. The summed E-state index contributed by atoms with van der Waals surface area (Å²) >= 11 is 5.04. The Balaban J connectivity index is 0. The van der Waals surface area contributed by atoms with Gasteiger partial charge >= 0.3 is 17.1 Å². The molecule has 70 valence electrons. The topological polar surface area (TPSA) is 151 Å². The van der Waals surface area contributed by atoms with Crippen molar-refractivity contribution in [1.29, 1.82) is 0 Å². The average Bonchev–Trinajstić information content (AvgIpc) is 1.82. The van der Waals surface area contributed by atoms with Gasteiger partial charge in [0.25, 0.3) is 0 Å². The highest BCUT2D eigenvalue weighted by Crippen LogP contribution is 1.62. The highest BCUT2D eigenvalue weighted by atomic mass is 35.5. The lowest BCUT2D eigenvalue weighted by atomic mass is 11.0. The molecule has 12 heavy (non-hydrogen) atoms. The SMILES string of the molecule is O.O.O=c1[nH]c(=O)n(Cl)c(=O)[nH]1. The second kappa shape index (κ2) is 4.49. The van der Waals surface area contributed by atoms with Crippen LogP contribution >= 0.6 is 11.8 Å². The van der Waals surface area contributed by atoms with Crippen molar-refractivity contribution in [3.63, 3.8) is 0 Å². The number of aromatic nitrogens is 3. The van der Waals surface area contributed by atoms with E-state index in [1.807, 2.05) is 0 Å². The summed E-state index contributed by atoms with van der Waals surface area (Å²) < 4.78 is 0.238. The Labute approximate surface area is 69.2 Å². The maximum absolute atomic E-state index is 10.4. The van der Waals surface area contributed by atoms with Gasteiger partial charge in [-0.15, -0.1) is 0 Å². The molecule has 8 nitrogen and oxygen atoms in total. The van der Waals surface area contributed by atoms with Crippen LogP contribution < -0.4 is 17.1 Å². The summed E-state index contributed by atoms with van der Waals surface area (Å²) in [4.78, 5) is 34.6. The molecule has 1 aromatic rings. The Morgan fingerprint density at radius 3 is 1.67 bits per heavy atom. The number of rotatable bonds is 0. The van der Waals surface area contributed by atoms with E-state index >= 15 is 0 Å². The molecule has 0 aliphatic carbocycles. The molecule has 0 aliphatic heterocycles. The van der Waals surface area contributed by atoms with Crippen LogP contribution in [0.25, 0.3) is 0 Å². The highest BCUT2D eigenvalue weighted by Gasteiger charge is 1.96. The van der Waals surface area contributed by atoms with Crippen molar-refractivity contribution in [3.8, 4) is 0 Å². The highest BCUT2D eigenvalue weighted by molar-refractivity contribution is 6.14. The van der Waals surface area contributed by atoms with Gasteiger partial charge < -0.3 is 11.0 Å². The number of halogens is 1. The number of hydrogen-bond donors (Lipinski definition) is 2. The number of hydrogen-bond acceptors (Lipinski definition) is 3. The molecule has 6 N–H and O–H groups in total. The van der Waals surface area contributed by atoms with Crippen LogP contribution in [-0.4, -0.2) is 25.0 Å². The minimum absolute atomic E-state index is 0. The molecule has 0 aromatic carbocycles. The molecule has 1 heterocycles. The van der Waals surface area contributed by atoms with Crippen molar-refractivity contribution in [2.75, 3.05) is 0 Å². The zero-order chi connectivity index (χ0) is 7.72. The van der Waals surface area contributed by atoms with E-state index in [2.05, 4.69) is 0 Å². The monoisotopic (exact) mass is 199 g/mol. The van der Waals surface area contributed by atoms with Crippen LogP contribution in [0.1, 0.15) is 0 Å². The number of nitrogens with zero attached hydrogens (tertiary/aromatic N) is 1. The van der Waals surface area contributed by atoms with Gasteiger partial charge in [-0.05, 0) is 0 Å². The summed E-state index contributed by atoms with van der Waals surface area (Å²) in [5, 5.41) is 0. The van der Waals surface area contributed by atoms with Crippen molar-refractivity contribution in [3.05, 3.63) is 31.5 Å². The second-order valence-corrected chi connectivity index (χ2v) is 1.81. The molecule has 0 atom stereocenters. The fraction of sp³-hybridized carbons (Fsp3) is 0. The molecule has 0 saturated carbocycles. The zero-order valence-electron chi connectivity index (χ0n) is 5.55.